The van der Waals surface area contributed by atoms with Crippen molar-refractivity contribution in [2.75, 3.05) is 24.5 Å². The summed E-state index contributed by atoms with van der Waals surface area (Å²) in [6, 6.07) is 21.2. The van der Waals surface area contributed by atoms with E-state index in [1.165, 1.54) is 24.1 Å². The van der Waals surface area contributed by atoms with Crippen LogP contribution >= 0.6 is 0 Å². The fraction of sp³-hybridized carbons (Fsp3) is 0.360. The van der Waals surface area contributed by atoms with Crippen molar-refractivity contribution in [3.63, 3.8) is 0 Å². The summed E-state index contributed by atoms with van der Waals surface area (Å²) in [5, 5.41) is 11.6. The third-order valence-electron chi connectivity index (χ3n) is 5.60. The number of para-hydroxylation sites is 1. The van der Waals surface area contributed by atoms with Gasteiger partial charge < -0.3 is 15.5 Å². The molecule has 1 unspecified atom stereocenters. The van der Waals surface area contributed by atoms with Crippen molar-refractivity contribution < 1.29 is 0 Å². The van der Waals surface area contributed by atoms with E-state index in [1.54, 1.807) is 0 Å². The molecule has 0 radical (unpaired) electrons. The van der Waals surface area contributed by atoms with Crippen LogP contribution < -0.4 is 15.5 Å². The second kappa shape index (κ2) is 10.2. The van der Waals surface area contributed by atoms with Gasteiger partial charge in [-0.15, -0.1) is 0 Å². The topological polar surface area (TPSA) is 57.5 Å². The van der Waals surface area contributed by atoms with Gasteiger partial charge in [-0.25, -0.2) is 9.67 Å². The smallest absolute Gasteiger partial charge is 0.192 e. The highest BCUT2D eigenvalue weighted by Crippen LogP contribution is 2.24. The summed E-state index contributed by atoms with van der Waals surface area (Å²) < 4.78 is 1.89. The van der Waals surface area contributed by atoms with E-state index >= 15 is 0 Å². The molecule has 6 heteroatoms. The number of benzene rings is 2. The minimum atomic E-state index is 0.155. The molecule has 0 aliphatic carbocycles. The molecule has 2 N–H and O–H groups in total. The molecule has 1 atom stereocenters. The molecular formula is C25H32N6. The quantitative estimate of drug-likeness (QED) is 0.446. The van der Waals surface area contributed by atoms with Crippen LogP contribution in [0.15, 0.2) is 71.9 Å². The van der Waals surface area contributed by atoms with Gasteiger partial charge in [0.15, 0.2) is 5.96 Å². The maximum Gasteiger partial charge on any atom is 0.192 e. The second-order valence-electron chi connectivity index (χ2n) is 7.94. The van der Waals surface area contributed by atoms with Gasteiger partial charge in [0.2, 0.25) is 0 Å². The molecule has 1 fully saturated rings. The van der Waals surface area contributed by atoms with Gasteiger partial charge in [0.1, 0.15) is 0 Å². The van der Waals surface area contributed by atoms with E-state index in [0.717, 1.165) is 37.0 Å². The summed E-state index contributed by atoms with van der Waals surface area (Å²) in [5.74, 6) is 0.802. The summed E-state index contributed by atoms with van der Waals surface area (Å²) in [7, 11) is 0. The number of anilines is 1. The Bertz CT molecular complexity index is 988. The first kappa shape index (κ1) is 21.0. The Morgan fingerprint density at radius 2 is 1.81 bits per heavy atom. The molecule has 1 saturated heterocycles. The predicted octanol–water partition coefficient (Wildman–Crippen LogP) is 4.29. The summed E-state index contributed by atoms with van der Waals surface area (Å²) in [6.07, 6.45) is 4.55. The van der Waals surface area contributed by atoms with Crippen molar-refractivity contribution >= 4 is 11.6 Å². The van der Waals surface area contributed by atoms with Crippen molar-refractivity contribution in [2.45, 2.75) is 39.3 Å². The molecule has 0 saturated carbocycles. The molecule has 2 aromatic carbocycles. The third-order valence-corrected chi connectivity index (χ3v) is 5.60. The van der Waals surface area contributed by atoms with Gasteiger partial charge in [-0.1, -0.05) is 30.3 Å². The second-order valence-corrected chi connectivity index (χ2v) is 7.94. The Morgan fingerprint density at radius 3 is 2.58 bits per heavy atom. The zero-order valence-corrected chi connectivity index (χ0v) is 18.5. The van der Waals surface area contributed by atoms with Gasteiger partial charge >= 0.3 is 0 Å². The third kappa shape index (κ3) is 5.45. The largest absolute Gasteiger partial charge is 0.372 e. The number of nitrogens with one attached hydrogen (secondary N) is 2. The van der Waals surface area contributed by atoms with Gasteiger partial charge in [-0.05, 0) is 62.6 Å². The molecule has 1 aliphatic rings. The molecule has 6 nitrogen and oxygen atoms in total. The Morgan fingerprint density at radius 1 is 1.03 bits per heavy atom. The average molecular weight is 417 g/mol. The van der Waals surface area contributed by atoms with Crippen LogP contribution in [0, 0.1) is 0 Å². The number of guanidine groups is 1. The lowest BCUT2D eigenvalue weighted by Gasteiger charge is -2.22. The van der Waals surface area contributed by atoms with E-state index in [4.69, 9.17) is 4.99 Å². The van der Waals surface area contributed by atoms with Crippen LogP contribution in [0.3, 0.4) is 0 Å². The lowest BCUT2D eigenvalue weighted by Crippen LogP contribution is -2.38. The number of hydrogen-bond donors (Lipinski definition) is 2. The van der Waals surface area contributed by atoms with Gasteiger partial charge in [0.25, 0.3) is 0 Å². The Hall–Kier alpha value is -3.28. The van der Waals surface area contributed by atoms with E-state index in [9.17, 15) is 0 Å². The standard InChI is InChI=1S/C25H32N6/c1-3-26-25(27-19-22-14-17-31(29-22)23-11-5-4-6-12-23)28-20(2)21-10-9-13-24(18-21)30-15-7-8-16-30/h4-6,9-14,17-18,20H,3,7-8,15-16,19H2,1-2H3,(H2,26,27,28). The monoisotopic (exact) mass is 416 g/mol. The van der Waals surface area contributed by atoms with E-state index in [1.807, 2.05) is 47.3 Å². The van der Waals surface area contributed by atoms with Crippen molar-refractivity contribution in [2.24, 2.45) is 4.99 Å². The minimum Gasteiger partial charge on any atom is -0.372 e. The number of nitrogens with zero attached hydrogens (tertiary/aromatic N) is 4. The first-order valence-electron chi connectivity index (χ1n) is 11.2. The number of hydrogen-bond acceptors (Lipinski definition) is 3. The fourth-order valence-corrected chi connectivity index (χ4v) is 3.91. The van der Waals surface area contributed by atoms with Crippen LogP contribution in [-0.2, 0) is 6.54 Å². The summed E-state index contributed by atoms with van der Waals surface area (Å²) >= 11 is 0. The van der Waals surface area contributed by atoms with Gasteiger partial charge in [-0.3, -0.25) is 0 Å². The van der Waals surface area contributed by atoms with Crippen molar-refractivity contribution in [1.29, 1.82) is 0 Å². The van der Waals surface area contributed by atoms with Crippen LogP contribution in [-0.4, -0.2) is 35.4 Å². The zero-order valence-electron chi connectivity index (χ0n) is 18.5. The molecule has 4 rings (SSSR count). The molecule has 0 amide bonds. The van der Waals surface area contributed by atoms with Crippen LogP contribution in [0.25, 0.3) is 5.69 Å². The highest BCUT2D eigenvalue weighted by Gasteiger charge is 2.14. The Kier molecular flexibility index (Phi) is 6.87. The Labute approximate surface area is 185 Å². The number of aliphatic imine (C=N–C) groups is 1. The molecule has 1 aliphatic heterocycles. The lowest BCUT2D eigenvalue weighted by atomic mass is 10.1. The molecule has 31 heavy (non-hydrogen) atoms. The summed E-state index contributed by atoms with van der Waals surface area (Å²) in [6.45, 7) is 7.91. The van der Waals surface area contributed by atoms with Gasteiger partial charge in [0, 0.05) is 31.5 Å². The number of rotatable bonds is 7. The molecule has 1 aromatic heterocycles. The normalized spacial score (nSPS) is 15.2. The first-order chi connectivity index (χ1) is 15.2. The summed E-state index contributed by atoms with van der Waals surface area (Å²) in [4.78, 5) is 7.24. The molecule has 162 valence electrons. The first-order valence-corrected chi connectivity index (χ1v) is 11.2. The molecule has 0 spiro atoms. The Balaban J connectivity index is 1.42. The fourth-order valence-electron chi connectivity index (χ4n) is 3.91. The highest BCUT2D eigenvalue weighted by atomic mass is 15.3. The van der Waals surface area contributed by atoms with E-state index < -0.39 is 0 Å². The minimum absolute atomic E-state index is 0.155. The van der Waals surface area contributed by atoms with Crippen LogP contribution in [0.1, 0.15) is 44.0 Å². The van der Waals surface area contributed by atoms with Crippen molar-refractivity contribution in [3.05, 3.63) is 78.1 Å². The van der Waals surface area contributed by atoms with E-state index in [2.05, 4.69) is 58.7 Å². The van der Waals surface area contributed by atoms with Crippen molar-refractivity contribution in [1.82, 2.24) is 20.4 Å². The lowest BCUT2D eigenvalue weighted by molar-refractivity contribution is 0.684. The maximum atomic E-state index is 4.76. The molecular weight excluding hydrogens is 384 g/mol. The zero-order chi connectivity index (χ0) is 21.5. The highest BCUT2D eigenvalue weighted by molar-refractivity contribution is 5.80. The average Bonchev–Trinajstić information content (AvgIpc) is 3.51. The van der Waals surface area contributed by atoms with Crippen molar-refractivity contribution in [3.8, 4) is 5.69 Å². The van der Waals surface area contributed by atoms with Crippen LogP contribution in [0.2, 0.25) is 0 Å². The predicted molar refractivity (Wildman–Crippen MR) is 128 cm³/mol. The number of aromatic nitrogens is 2. The van der Waals surface area contributed by atoms with Crippen LogP contribution in [0.5, 0.6) is 0 Å². The van der Waals surface area contributed by atoms with Gasteiger partial charge in [0.05, 0.1) is 24.0 Å². The molecule has 3 aromatic rings. The summed E-state index contributed by atoms with van der Waals surface area (Å²) in [5.41, 5.74) is 4.57. The molecule has 2 heterocycles. The van der Waals surface area contributed by atoms with E-state index in [-0.39, 0.29) is 6.04 Å². The maximum absolute atomic E-state index is 4.76. The van der Waals surface area contributed by atoms with Gasteiger partial charge in [-0.2, -0.15) is 5.10 Å². The SMILES string of the molecule is CCNC(=NCc1ccn(-c2ccccc2)n1)NC(C)c1cccc(N2CCCC2)c1. The van der Waals surface area contributed by atoms with Crippen LogP contribution in [0.4, 0.5) is 5.69 Å². The van der Waals surface area contributed by atoms with E-state index in [0.29, 0.717) is 6.54 Å². The molecule has 0 bridgehead atoms.